The monoisotopic (exact) mass is 276 g/mol. The highest BCUT2D eigenvalue weighted by atomic mass is 19.4. The summed E-state index contributed by atoms with van der Waals surface area (Å²) in [4.78, 5) is 15.5. The van der Waals surface area contributed by atoms with Gasteiger partial charge < -0.3 is 10.1 Å². The zero-order chi connectivity index (χ0) is 14.5. The van der Waals surface area contributed by atoms with Crippen LogP contribution in [0.15, 0.2) is 24.5 Å². The van der Waals surface area contributed by atoms with E-state index < -0.39 is 24.8 Å². The number of rotatable bonds is 5. The molecular formula is C12H15F3N2O2. The SMILES string of the molecule is C[C@@H](OCC(F)(F)F)C(=O)N[C@H](C)c1ccncc1. The molecule has 1 aromatic heterocycles. The molecule has 2 atom stereocenters. The van der Waals surface area contributed by atoms with Crippen LogP contribution in [0.25, 0.3) is 0 Å². The number of ether oxygens (including phenoxy) is 1. The molecule has 7 heteroatoms. The highest BCUT2D eigenvalue weighted by Crippen LogP contribution is 2.16. The van der Waals surface area contributed by atoms with Crippen molar-refractivity contribution in [2.75, 3.05) is 6.61 Å². The van der Waals surface area contributed by atoms with Crippen LogP contribution in [0.3, 0.4) is 0 Å². The number of nitrogens with zero attached hydrogens (tertiary/aromatic N) is 1. The Morgan fingerprint density at radius 3 is 2.47 bits per heavy atom. The number of amides is 1. The molecule has 1 N–H and O–H groups in total. The molecule has 1 rings (SSSR count). The largest absolute Gasteiger partial charge is 0.411 e. The minimum Gasteiger partial charge on any atom is -0.359 e. The normalized spacial score (nSPS) is 14.8. The van der Waals surface area contributed by atoms with Gasteiger partial charge in [0.1, 0.15) is 12.7 Å². The lowest BCUT2D eigenvalue weighted by Crippen LogP contribution is -2.37. The molecule has 0 spiro atoms. The molecule has 0 aliphatic heterocycles. The molecule has 1 amide bonds. The van der Waals surface area contributed by atoms with Crippen LogP contribution >= 0.6 is 0 Å². The van der Waals surface area contributed by atoms with E-state index in [0.717, 1.165) is 5.56 Å². The summed E-state index contributed by atoms with van der Waals surface area (Å²) >= 11 is 0. The van der Waals surface area contributed by atoms with Crippen molar-refractivity contribution in [3.8, 4) is 0 Å². The van der Waals surface area contributed by atoms with Gasteiger partial charge in [-0.2, -0.15) is 13.2 Å². The Morgan fingerprint density at radius 2 is 1.95 bits per heavy atom. The molecule has 0 aromatic carbocycles. The van der Waals surface area contributed by atoms with Crippen LogP contribution in [-0.2, 0) is 9.53 Å². The summed E-state index contributed by atoms with van der Waals surface area (Å²) < 4.78 is 40.3. The minimum absolute atomic E-state index is 0.326. The molecule has 0 saturated carbocycles. The Balaban J connectivity index is 2.46. The van der Waals surface area contributed by atoms with Gasteiger partial charge in [-0.1, -0.05) is 0 Å². The summed E-state index contributed by atoms with van der Waals surface area (Å²) in [5, 5.41) is 2.57. The van der Waals surface area contributed by atoms with E-state index in [0.29, 0.717) is 0 Å². The fraction of sp³-hybridized carbons (Fsp3) is 0.500. The molecule has 0 aliphatic rings. The van der Waals surface area contributed by atoms with Gasteiger partial charge in [-0.25, -0.2) is 0 Å². The number of hydrogen-bond donors (Lipinski definition) is 1. The van der Waals surface area contributed by atoms with Crippen molar-refractivity contribution in [1.29, 1.82) is 0 Å². The number of halogens is 3. The molecule has 0 fully saturated rings. The van der Waals surface area contributed by atoms with E-state index in [1.54, 1.807) is 31.5 Å². The van der Waals surface area contributed by atoms with Crippen LogP contribution in [-0.4, -0.2) is 29.8 Å². The third-order valence-electron chi connectivity index (χ3n) is 2.43. The van der Waals surface area contributed by atoms with Gasteiger partial charge in [-0.05, 0) is 31.5 Å². The molecule has 1 heterocycles. The van der Waals surface area contributed by atoms with Gasteiger partial charge in [0.15, 0.2) is 0 Å². The molecule has 0 radical (unpaired) electrons. The predicted molar refractivity (Wildman–Crippen MR) is 62.3 cm³/mol. The first-order chi connectivity index (χ1) is 8.79. The van der Waals surface area contributed by atoms with Crippen molar-refractivity contribution in [2.24, 2.45) is 0 Å². The van der Waals surface area contributed by atoms with Gasteiger partial charge in [0.25, 0.3) is 0 Å². The van der Waals surface area contributed by atoms with Crippen LogP contribution in [0.1, 0.15) is 25.5 Å². The molecule has 0 bridgehead atoms. The molecule has 0 aliphatic carbocycles. The molecule has 106 valence electrons. The van der Waals surface area contributed by atoms with Crippen LogP contribution in [0.4, 0.5) is 13.2 Å². The maximum absolute atomic E-state index is 11.9. The molecule has 4 nitrogen and oxygen atoms in total. The van der Waals surface area contributed by atoms with E-state index >= 15 is 0 Å². The van der Waals surface area contributed by atoms with Crippen molar-refractivity contribution >= 4 is 5.91 Å². The number of nitrogens with one attached hydrogen (secondary N) is 1. The summed E-state index contributed by atoms with van der Waals surface area (Å²) in [5.74, 6) is -0.589. The number of carbonyl (C=O) groups excluding carboxylic acids is 1. The van der Waals surface area contributed by atoms with Crippen molar-refractivity contribution in [1.82, 2.24) is 10.3 Å². The van der Waals surface area contributed by atoms with Gasteiger partial charge >= 0.3 is 6.18 Å². The van der Waals surface area contributed by atoms with Crippen LogP contribution in [0.2, 0.25) is 0 Å². The van der Waals surface area contributed by atoms with Gasteiger partial charge in [0.2, 0.25) is 5.91 Å². The zero-order valence-electron chi connectivity index (χ0n) is 10.6. The van der Waals surface area contributed by atoms with E-state index in [1.807, 2.05) is 0 Å². The molecule has 19 heavy (non-hydrogen) atoms. The van der Waals surface area contributed by atoms with E-state index in [9.17, 15) is 18.0 Å². The van der Waals surface area contributed by atoms with Gasteiger partial charge in [0, 0.05) is 12.4 Å². The molecule has 0 saturated heterocycles. The highest BCUT2D eigenvalue weighted by Gasteiger charge is 2.30. The number of pyridine rings is 1. The topological polar surface area (TPSA) is 51.2 Å². The fourth-order valence-electron chi connectivity index (χ4n) is 1.36. The van der Waals surface area contributed by atoms with Crippen molar-refractivity contribution in [3.63, 3.8) is 0 Å². The number of hydrogen-bond acceptors (Lipinski definition) is 3. The second kappa shape index (κ2) is 6.51. The van der Waals surface area contributed by atoms with Crippen LogP contribution < -0.4 is 5.32 Å². The Hall–Kier alpha value is -1.63. The standard InChI is InChI=1S/C12H15F3N2O2/c1-8(10-3-5-16-6-4-10)17-11(18)9(2)19-7-12(13,14)15/h3-6,8-9H,7H2,1-2H3,(H,17,18)/t8-,9-/m1/s1. The van der Waals surface area contributed by atoms with Crippen molar-refractivity contribution < 1.29 is 22.7 Å². The Morgan fingerprint density at radius 1 is 1.37 bits per heavy atom. The summed E-state index contributed by atoms with van der Waals surface area (Å²) in [6.45, 7) is 1.56. The Kier molecular flexibility index (Phi) is 5.29. The lowest BCUT2D eigenvalue weighted by molar-refractivity contribution is -0.185. The number of aromatic nitrogens is 1. The maximum Gasteiger partial charge on any atom is 0.411 e. The summed E-state index contributed by atoms with van der Waals surface area (Å²) in [6.07, 6.45) is -2.46. The average Bonchev–Trinajstić information content (AvgIpc) is 2.36. The molecule has 1 aromatic rings. The quantitative estimate of drug-likeness (QED) is 0.897. The fourth-order valence-corrected chi connectivity index (χ4v) is 1.36. The smallest absolute Gasteiger partial charge is 0.359 e. The highest BCUT2D eigenvalue weighted by molar-refractivity contribution is 5.80. The van der Waals surface area contributed by atoms with E-state index in [-0.39, 0.29) is 6.04 Å². The van der Waals surface area contributed by atoms with E-state index in [1.165, 1.54) is 6.92 Å². The maximum atomic E-state index is 11.9. The lowest BCUT2D eigenvalue weighted by Gasteiger charge is -2.18. The first-order valence-electron chi connectivity index (χ1n) is 5.68. The third kappa shape index (κ3) is 5.69. The van der Waals surface area contributed by atoms with Crippen molar-refractivity contribution in [3.05, 3.63) is 30.1 Å². The second-order valence-electron chi connectivity index (χ2n) is 4.08. The van der Waals surface area contributed by atoms with E-state index in [2.05, 4.69) is 15.0 Å². The Bertz CT molecular complexity index is 409. The number of carbonyl (C=O) groups is 1. The van der Waals surface area contributed by atoms with Crippen LogP contribution in [0.5, 0.6) is 0 Å². The van der Waals surface area contributed by atoms with Gasteiger partial charge in [-0.15, -0.1) is 0 Å². The van der Waals surface area contributed by atoms with Crippen LogP contribution in [0, 0.1) is 0 Å². The average molecular weight is 276 g/mol. The van der Waals surface area contributed by atoms with Crippen molar-refractivity contribution in [2.45, 2.75) is 32.2 Å². The first kappa shape index (κ1) is 15.4. The predicted octanol–water partition coefficient (Wildman–Crippen LogP) is 2.23. The zero-order valence-corrected chi connectivity index (χ0v) is 10.6. The minimum atomic E-state index is -4.44. The molecule has 0 unspecified atom stereocenters. The Labute approximate surface area is 109 Å². The summed E-state index contributed by atoms with van der Waals surface area (Å²) in [5.41, 5.74) is 0.811. The molecular weight excluding hydrogens is 261 g/mol. The van der Waals surface area contributed by atoms with E-state index in [4.69, 9.17) is 0 Å². The first-order valence-corrected chi connectivity index (χ1v) is 5.68. The summed E-state index contributed by atoms with van der Waals surface area (Å²) in [7, 11) is 0. The summed E-state index contributed by atoms with van der Waals surface area (Å²) in [6, 6.07) is 3.10. The van der Waals surface area contributed by atoms with Gasteiger partial charge in [-0.3, -0.25) is 9.78 Å². The van der Waals surface area contributed by atoms with Gasteiger partial charge in [0.05, 0.1) is 6.04 Å². The number of alkyl halides is 3. The second-order valence-corrected chi connectivity index (χ2v) is 4.08. The lowest BCUT2D eigenvalue weighted by atomic mass is 10.1. The third-order valence-corrected chi connectivity index (χ3v) is 2.43.